The predicted molar refractivity (Wildman–Crippen MR) is 85.4 cm³/mol. The lowest BCUT2D eigenvalue weighted by Crippen LogP contribution is -2.42. The fourth-order valence-electron chi connectivity index (χ4n) is 1.87. The van der Waals surface area contributed by atoms with Crippen LogP contribution in [0.2, 0.25) is 0 Å². The van der Waals surface area contributed by atoms with Crippen molar-refractivity contribution in [3.63, 3.8) is 0 Å². The van der Waals surface area contributed by atoms with Gasteiger partial charge in [-0.3, -0.25) is 19.8 Å². The summed E-state index contributed by atoms with van der Waals surface area (Å²) in [7, 11) is 1.04. The van der Waals surface area contributed by atoms with E-state index in [0.29, 0.717) is 0 Å². The molecule has 1 amide bonds. The number of methoxy groups -OCH3 is 1. The highest BCUT2D eigenvalue weighted by Crippen LogP contribution is 2.39. The first-order chi connectivity index (χ1) is 11.5. The van der Waals surface area contributed by atoms with Gasteiger partial charge in [0.05, 0.1) is 17.6 Å². The number of benzene rings is 1. The first kappa shape index (κ1) is 20.6. The molecule has 0 spiro atoms. The molecule has 0 atom stereocenters. The van der Waals surface area contributed by atoms with E-state index >= 15 is 0 Å². The molecule has 0 heterocycles. The van der Waals surface area contributed by atoms with E-state index in [1.54, 1.807) is 0 Å². The molecule has 136 valence electrons. The minimum Gasteiger partial charge on any atom is -0.465 e. The Kier molecular flexibility index (Phi) is 6.68. The van der Waals surface area contributed by atoms with Crippen molar-refractivity contribution >= 4 is 39.2 Å². The van der Waals surface area contributed by atoms with Gasteiger partial charge in [0.1, 0.15) is 5.69 Å². The van der Waals surface area contributed by atoms with Gasteiger partial charge in [0.15, 0.2) is 0 Å². The molecule has 0 radical (unpaired) electrons. The quantitative estimate of drug-likeness (QED) is 0.311. The molecule has 11 heteroatoms. The van der Waals surface area contributed by atoms with E-state index in [1.165, 1.54) is 19.1 Å². The van der Waals surface area contributed by atoms with Crippen LogP contribution >= 0.6 is 15.9 Å². The van der Waals surface area contributed by atoms with Crippen molar-refractivity contribution in [3.8, 4) is 0 Å². The second-order valence-electron chi connectivity index (χ2n) is 4.56. The number of hydrogen-bond donors (Lipinski definition) is 0. The molecule has 1 rings (SSSR count). The van der Waals surface area contributed by atoms with Gasteiger partial charge in [-0.05, 0) is 28.9 Å². The van der Waals surface area contributed by atoms with Gasteiger partial charge >= 0.3 is 18.1 Å². The number of carbonyl (C=O) groups excluding carboxylic acids is 2. The molecule has 7 nitrogen and oxygen atoms in total. The molecular weight excluding hydrogens is 413 g/mol. The van der Waals surface area contributed by atoms with Gasteiger partial charge in [0.25, 0.3) is 5.69 Å². The van der Waals surface area contributed by atoms with Crippen molar-refractivity contribution in [2.75, 3.05) is 18.6 Å². The Morgan fingerprint density at radius 2 is 2.00 bits per heavy atom. The molecule has 0 saturated carbocycles. The van der Waals surface area contributed by atoms with Gasteiger partial charge in [0.2, 0.25) is 0 Å². The number of esters is 1. The van der Waals surface area contributed by atoms with E-state index in [0.717, 1.165) is 19.2 Å². The third-order valence-corrected chi connectivity index (χ3v) is 3.55. The summed E-state index contributed by atoms with van der Waals surface area (Å²) in [6.45, 7) is 0.964. The number of halogens is 4. The van der Waals surface area contributed by atoms with Crippen molar-refractivity contribution in [2.24, 2.45) is 0 Å². The number of nitro benzene ring substituents is 1. The predicted octanol–water partition coefficient (Wildman–Crippen LogP) is 3.62. The lowest BCUT2D eigenvalue weighted by atomic mass is 10.1. The van der Waals surface area contributed by atoms with Crippen LogP contribution in [0.15, 0.2) is 28.8 Å². The number of hydrogen-bond acceptors (Lipinski definition) is 5. The van der Waals surface area contributed by atoms with E-state index < -0.39 is 40.9 Å². The Hall–Kier alpha value is -2.43. The molecular formula is C14H12BrF3N2O5. The van der Waals surface area contributed by atoms with Crippen molar-refractivity contribution < 1.29 is 32.4 Å². The summed E-state index contributed by atoms with van der Waals surface area (Å²) < 4.78 is 42.8. The lowest BCUT2D eigenvalue weighted by molar-refractivity contribution is -0.384. The summed E-state index contributed by atoms with van der Waals surface area (Å²) in [4.78, 5) is 33.8. The average molecular weight is 425 g/mol. The first-order valence-electron chi connectivity index (χ1n) is 6.60. The van der Waals surface area contributed by atoms with Crippen molar-refractivity contribution in [3.05, 3.63) is 44.4 Å². The normalized spacial score (nSPS) is 11.4. The number of ether oxygens (including phenoxy) is 1. The SMILES string of the molecule is C/C=C/CN(C(=O)C(F)(F)F)c1c(Br)cc(C(=O)OC)cc1[N+](=O)[O-]. The molecule has 0 aliphatic carbocycles. The highest BCUT2D eigenvalue weighted by atomic mass is 79.9. The summed E-state index contributed by atoms with van der Waals surface area (Å²) in [5.41, 5.74) is -1.72. The molecule has 25 heavy (non-hydrogen) atoms. The van der Waals surface area contributed by atoms with E-state index in [-0.39, 0.29) is 14.9 Å². The Morgan fingerprint density at radius 3 is 2.44 bits per heavy atom. The number of nitrogens with zero attached hydrogens (tertiary/aromatic N) is 2. The van der Waals surface area contributed by atoms with E-state index in [9.17, 15) is 32.9 Å². The lowest BCUT2D eigenvalue weighted by Gasteiger charge is -2.23. The van der Waals surface area contributed by atoms with Gasteiger partial charge in [0, 0.05) is 17.1 Å². The number of allylic oxidation sites excluding steroid dienone is 1. The van der Waals surface area contributed by atoms with Gasteiger partial charge in [-0.1, -0.05) is 12.2 Å². The summed E-state index contributed by atoms with van der Waals surface area (Å²) >= 11 is 2.89. The Balaban J connectivity index is 3.65. The summed E-state index contributed by atoms with van der Waals surface area (Å²) in [5.74, 6) is -3.20. The van der Waals surface area contributed by atoms with E-state index in [2.05, 4.69) is 20.7 Å². The van der Waals surface area contributed by atoms with Crippen LogP contribution in [0.3, 0.4) is 0 Å². The van der Waals surface area contributed by atoms with Crippen LogP contribution in [0.4, 0.5) is 24.5 Å². The maximum Gasteiger partial charge on any atom is 0.471 e. The Morgan fingerprint density at radius 1 is 1.40 bits per heavy atom. The molecule has 1 aromatic carbocycles. The molecule has 0 fully saturated rings. The highest BCUT2D eigenvalue weighted by molar-refractivity contribution is 9.10. The number of amides is 1. The van der Waals surface area contributed by atoms with Crippen LogP contribution in [0.5, 0.6) is 0 Å². The zero-order valence-corrected chi connectivity index (χ0v) is 14.6. The number of carbonyl (C=O) groups is 2. The second-order valence-corrected chi connectivity index (χ2v) is 5.41. The van der Waals surface area contributed by atoms with E-state index in [4.69, 9.17) is 0 Å². The van der Waals surface area contributed by atoms with Crippen molar-refractivity contribution in [1.29, 1.82) is 0 Å². The summed E-state index contributed by atoms with van der Waals surface area (Å²) in [5, 5.41) is 11.3. The molecule has 0 saturated heterocycles. The van der Waals surface area contributed by atoms with Crippen LogP contribution in [0, 0.1) is 10.1 Å². The van der Waals surface area contributed by atoms with Gasteiger partial charge in [-0.2, -0.15) is 13.2 Å². The number of anilines is 1. The minimum absolute atomic E-state index is 0.212. The molecule has 0 aliphatic heterocycles. The fraction of sp³-hybridized carbons (Fsp3) is 0.286. The van der Waals surface area contributed by atoms with Crippen LogP contribution in [0.25, 0.3) is 0 Å². The zero-order valence-electron chi connectivity index (χ0n) is 13.0. The molecule has 0 aliphatic rings. The number of rotatable bonds is 5. The monoisotopic (exact) mass is 424 g/mol. The zero-order chi connectivity index (χ0) is 19.4. The molecule has 0 bridgehead atoms. The summed E-state index contributed by atoms with van der Waals surface area (Å²) in [6, 6.07) is 1.79. The second kappa shape index (κ2) is 8.10. The van der Waals surface area contributed by atoms with Gasteiger partial charge in [-0.25, -0.2) is 4.79 Å². The summed E-state index contributed by atoms with van der Waals surface area (Å²) in [6.07, 6.45) is -2.62. The van der Waals surface area contributed by atoms with Crippen LogP contribution in [0.1, 0.15) is 17.3 Å². The van der Waals surface area contributed by atoms with Crippen LogP contribution < -0.4 is 4.90 Å². The molecule has 0 N–H and O–H groups in total. The maximum atomic E-state index is 12.9. The highest BCUT2D eigenvalue weighted by Gasteiger charge is 2.45. The van der Waals surface area contributed by atoms with Crippen LogP contribution in [-0.2, 0) is 9.53 Å². The third-order valence-electron chi connectivity index (χ3n) is 2.94. The van der Waals surface area contributed by atoms with Gasteiger partial charge < -0.3 is 4.74 Å². The smallest absolute Gasteiger partial charge is 0.465 e. The van der Waals surface area contributed by atoms with Crippen LogP contribution in [-0.4, -0.2) is 36.6 Å². The van der Waals surface area contributed by atoms with Crippen molar-refractivity contribution in [2.45, 2.75) is 13.1 Å². The standard InChI is InChI=1S/C14H12BrF3N2O5/c1-3-4-5-19(13(22)14(16,17)18)11-9(15)6-8(12(21)25-2)7-10(11)20(23)24/h3-4,6-7H,5H2,1-2H3/b4-3+. The largest absolute Gasteiger partial charge is 0.471 e. The number of alkyl halides is 3. The topological polar surface area (TPSA) is 89.8 Å². The Labute approximate surface area is 148 Å². The molecule has 0 aromatic heterocycles. The van der Waals surface area contributed by atoms with E-state index in [1.807, 2.05) is 0 Å². The number of nitro groups is 1. The van der Waals surface area contributed by atoms with Gasteiger partial charge in [-0.15, -0.1) is 0 Å². The fourth-order valence-corrected chi connectivity index (χ4v) is 2.53. The maximum absolute atomic E-state index is 12.9. The molecule has 1 aromatic rings. The first-order valence-corrected chi connectivity index (χ1v) is 7.40. The average Bonchev–Trinajstić information content (AvgIpc) is 2.53. The van der Waals surface area contributed by atoms with Crippen molar-refractivity contribution in [1.82, 2.24) is 0 Å². The minimum atomic E-state index is -5.24. The third kappa shape index (κ3) is 4.78. The molecule has 0 unspecified atom stereocenters. The Bertz CT molecular complexity index is 734.